The molecule has 1 amide bonds. The third kappa shape index (κ3) is 29.1. The van der Waals surface area contributed by atoms with E-state index < -0.39 is 78.5 Å². The van der Waals surface area contributed by atoms with Crippen LogP contribution in [-0.4, -0.2) is 107 Å². The molecule has 1 aliphatic heterocycles. The smallest absolute Gasteiger partial charge is 0.390 e. The van der Waals surface area contributed by atoms with Crippen LogP contribution in [0.15, 0.2) is 0 Å². The van der Waals surface area contributed by atoms with Crippen LogP contribution in [0.5, 0.6) is 0 Å². The van der Waals surface area contributed by atoms with Gasteiger partial charge in [0.2, 0.25) is 0 Å². The van der Waals surface area contributed by atoms with Crippen molar-refractivity contribution in [2.75, 3.05) is 13.2 Å². The molecule has 8 atom stereocenters. The van der Waals surface area contributed by atoms with Gasteiger partial charge in [0.25, 0.3) is 5.91 Å². The first-order chi connectivity index (χ1) is 30.9. The molecule has 64 heavy (non-hydrogen) atoms. The number of hydrogen-bond donors (Lipinski definition) is 7. The van der Waals surface area contributed by atoms with Gasteiger partial charge in [-0.3, -0.25) is 9.35 Å². The maximum absolute atomic E-state index is 12.7. The lowest BCUT2D eigenvalue weighted by atomic mass is 9.98. The maximum atomic E-state index is 12.7. The van der Waals surface area contributed by atoms with Gasteiger partial charge in [-0.1, -0.05) is 89.9 Å². The third-order valence-electron chi connectivity index (χ3n) is 8.58. The van der Waals surface area contributed by atoms with Crippen LogP contribution in [-0.2, 0) is 28.9 Å². The highest BCUT2D eigenvalue weighted by Gasteiger charge is 2.45. The lowest BCUT2D eigenvalue weighted by Gasteiger charge is -2.40. The topological polar surface area (TPSA) is 212 Å². The summed E-state index contributed by atoms with van der Waals surface area (Å²) in [5.74, 6) is 57.9. The second-order valence-electron chi connectivity index (χ2n) is 13.5. The van der Waals surface area contributed by atoms with Gasteiger partial charge < -0.3 is 40.3 Å². The quantitative estimate of drug-likeness (QED) is 0.0461. The first kappa shape index (κ1) is 55.8. The van der Waals surface area contributed by atoms with E-state index in [2.05, 4.69) is 159 Å². The van der Waals surface area contributed by atoms with Gasteiger partial charge in [0.15, 0.2) is 6.29 Å². The third-order valence-corrected chi connectivity index (χ3v) is 9.01. The van der Waals surface area contributed by atoms with Crippen LogP contribution in [0.4, 0.5) is 0 Å². The number of hydrogen-bond acceptors (Lipinski definition) is 11. The van der Waals surface area contributed by atoms with Crippen molar-refractivity contribution < 1.29 is 57.0 Å². The van der Waals surface area contributed by atoms with E-state index in [0.29, 0.717) is 6.42 Å². The highest BCUT2D eigenvalue weighted by Crippen LogP contribution is 2.23. The zero-order valence-corrected chi connectivity index (χ0v) is 36.6. The molecule has 13 nitrogen and oxygen atoms in total. The molecule has 1 heterocycles. The number of rotatable bonds is 22. The average molecular weight is 890 g/mol. The molecule has 14 heteroatoms. The predicted molar refractivity (Wildman–Crippen MR) is 239 cm³/mol. The molecule has 0 bridgehead atoms. The minimum Gasteiger partial charge on any atom is -0.390 e. The first-order valence-corrected chi connectivity index (χ1v) is 21.8. The van der Waals surface area contributed by atoms with E-state index in [1.807, 2.05) is 0 Å². The summed E-state index contributed by atoms with van der Waals surface area (Å²) in [6.07, 6.45) is 1.61. The predicted octanol–water partition coefficient (Wildman–Crippen LogP) is 0.989. The molecule has 1 fully saturated rings. The molecule has 0 aromatic carbocycles. The highest BCUT2D eigenvalue weighted by molar-refractivity contribution is 7.80. The van der Waals surface area contributed by atoms with Gasteiger partial charge in [0.05, 0.1) is 25.4 Å². The van der Waals surface area contributed by atoms with Crippen molar-refractivity contribution in [2.45, 2.75) is 146 Å². The van der Waals surface area contributed by atoms with Crippen molar-refractivity contribution in [1.82, 2.24) is 5.32 Å². The summed E-state index contributed by atoms with van der Waals surface area (Å²) in [6, 6.07) is -1.35. The fourth-order valence-electron chi connectivity index (χ4n) is 5.38. The van der Waals surface area contributed by atoms with Crippen LogP contribution in [0.3, 0.4) is 0 Å². The fourth-order valence-corrected chi connectivity index (χ4v) is 5.69. The summed E-state index contributed by atoms with van der Waals surface area (Å²) in [4.78, 5) is 12.7. The number of amides is 1. The van der Waals surface area contributed by atoms with Crippen LogP contribution >= 0.6 is 0 Å². The first-order valence-electron chi connectivity index (χ1n) is 20.4. The number of unbranched alkanes of at least 4 members (excludes halogenated alkanes) is 11. The van der Waals surface area contributed by atoms with Crippen LogP contribution in [0.2, 0.25) is 0 Å². The monoisotopic (exact) mass is 889 g/mol. The molecular weight excluding hydrogens is 839 g/mol. The van der Waals surface area contributed by atoms with Gasteiger partial charge in [0.1, 0.15) is 30.5 Å². The number of aliphatic hydroxyl groups is 5. The van der Waals surface area contributed by atoms with Crippen LogP contribution in [0.1, 0.15) is 97.3 Å². The number of nitrogens with one attached hydrogen (secondary N) is 1. The number of aliphatic hydroxyl groups excluding tert-OH is 5. The Morgan fingerprint density at radius 1 is 0.609 bits per heavy atom. The Balaban J connectivity index is 2.85. The minimum atomic E-state index is -4.95. The molecule has 1 saturated heterocycles. The van der Waals surface area contributed by atoms with Crippen molar-refractivity contribution >= 4 is 16.3 Å². The van der Waals surface area contributed by atoms with Crippen molar-refractivity contribution in [2.24, 2.45) is 0 Å². The number of carbonyl (C=O) groups excluding carboxylic acids is 1. The average Bonchev–Trinajstić information content (AvgIpc) is 3.27. The van der Waals surface area contributed by atoms with Crippen molar-refractivity contribution in [1.29, 1.82) is 0 Å². The van der Waals surface area contributed by atoms with E-state index in [4.69, 9.17) is 14.0 Å². The van der Waals surface area contributed by atoms with Crippen molar-refractivity contribution in [3.05, 3.63) is 0 Å². The van der Waals surface area contributed by atoms with Crippen LogP contribution in [0.25, 0.3) is 0 Å². The zero-order chi connectivity index (χ0) is 47.1. The Morgan fingerprint density at radius 2 is 1.02 bits per heavy atom. The molecule has 1 aliphatic rings. The molecule has 1 rings (SSSR count). The summed E-state index contributed by atoms with van der Waals surface area (Å²) in [5, 5.41) is 55.3. The summed E-state index contributed by atoms with van der Waals surface area (Å²) in [5.41, 5.74) is 0. The lowest BCUT2D eigenvalue weighted by Crippen LogP contribution is -2.60. The second kappa shape index (κ2) is 36.3. The van der Waals surface area contributed by atoms with Gasteiger partial charge in [-0.15, -0.1) is 0 Å². The van der Waals surface area contributed by atoms with E-state index in [1.165, 1.54) is 44.9 Å². The molecule has 0 aliphatic carbocycles. The van der Waals surface area contributed by atoms with E-state index >= 15 is 0 Å². The van der Waals surface area contributed by atoms with Gasteiger partial charge in [-0.25, -0.2) is 4.18 Å². The largest absolute Gasteiger partial charge is 0.397 e. The second-order valence-corrected chi connectivity index (χ2v) is 14.6. The molecule has 2 unspecified atom stereocenters. The van der Waals surface area contributed by atoms with E-state index in [0.717, 1.165) is 25.7 Å². The van der Waals surface area contributed by atoms with Gasteiger partial charge >= 0.3 is 10.4 Å². The Hall–Kier alpha value is -6.22. The minimum absolute atomic E-state index is 0.192. The van der Waals surface area contributed by atoms with Crippen molar-refractivity contribution in [3.8, 4) is 142 Å². The number of carbonyl (C=O) groups is 1. The molecule has 0 saturated carbocycles. The van der Waals surface area contributed by atoms with E-state index in [-0.39, 0.29) is 6.42 Å². The van der Waals surface area contributed by atoms with Crippen molar-refractivity contribution in [3.63, 3.8) is 0 Å². The Bertz CT molecular complexity index is 2410. The molecule has 0 aromatic rings. The molecular formula is C50H51NO12S. The lowest BCUT2D eigenvalue weighted by molar-refractivity contribution is -0.302. The fraction of sp³-hybridized carbons (Fsp3) is 0.500. The summed E-state index contributed by atoms with van der Waals surface area (Å²) in [6.45, 7) is 2.30. The van der Waals surface area contributed by atoms with E-state index in [1.54, 1.807) is 6.92 Å². The summed E-state index contributed by atoms with van der Waals surface area (Å²) in [7, 11) is -4.95. The zero-order valence-electron chi connectivity index (χ0n) is 35.8. The Morgan fingerprint density at radius 3 is 1.44 bits per heavy atom. The summed E-state index contributed by atoms with van der Waals surface area (Å²) >= 11 is 0. The van der Waals surface area contributed by atoms with Crippen LogP contribution < -0.4 is 5.32 Å². The van der Waals surface area contributed by atoms with Gasteiger partial charge in [0, 0.05) is 41.4 Å². The standard InChI is InChI=1S/C50H51NO12S/c1-3-5-7-9-11-13-15-17-18-19-20-21-22-23-24-25-26-27-29-31-33-35-37-39-45(53)51-42(40-61-50-49(57)48(56)47(55)44(63-50)41-62-64(58,59)60)46(54)43(52)38-36-34-32-30-28-16-14-12-10-8-6-4-2/h42-44,46-50,52,54-57H,4,6,8,10,12,14,16,28,30,32,34,36,38,40-41H2,1-2H3,(H,51,53)(H,58,59,60)/t42-,43+,44?,46-,47-,48-,49?,50-/m0/s1. The molecule has 0 radical (unpaired) electrons. The maximum Gasteiger partial charge on any atom is 0.397 e. The van der Waals surface area contributed by atoms with Gasteiger partial charge in [-0.2, -0.15) is 8.42 Å². The number of ether oxygens (including phenoxy) is 2. The molecule has 0 spiro atoms. The normalized spacial score (nSPS) is 17.7. The SMILES string of the molecule is CC#CC#CC#CC#CC#CC#CC#CC#CC#CC#CC#CC#CC(=O)N[C@@H](CO[C@H]1OC(COS(=O)(=O)O)[C@H](O)[C@H](O)C1O)[C@H](O)[C@H](O)CCCCCCCCCCCCCC. The van der Waals surface area contributed by atoms with Crippen LogP contribution in [0, 0.1) is 142 Å². The Labute approximate surface area is 378 Å². The molecule has 0 aromatic heterocycles. The van der Waals surface area contributed by atoms with Gasteiger partial charge in [-0.05, 0) is 108 Å². The van der Waals surface area contributed by atoms with E-state index in [9.17, 15) is 38.7 Å². The highest BCUT2D eigenvalue weighted by atomic mass is 32.3. The molecule has 334 valence electrons. The molecule has 7 N–H and O–H groups in total. The summed E-state index contributed by atoms with van der Waals surface area (Å²) < 4.78 is 46.1. The Kier molecular flexibility index (Phi) is 31.6.